The molecule has 0 heterocycles. The number of hydrogen-bond donors (Lipinski definition) is 0. The fourth-order valence-electron chi connectivity index (χ4n) is 4.00. The molecule has 1 aromatic carbocycles. The highest BCUT2D eigenvalue weighted by Gasteiger charge is 2.36. The molecule has 2 saturated carbocycles. The van der Waals surface area contributed by atoms with Crippen LogP contribution in [0.2, 0.25) is 0 Å². The van der Waals surface area contributed by atoms with Gasteiger partial charge in [-0.1, -0.05) is 49.9 Å². The van der Waals surface area contributed by atoms with Gasteiger partial charge in [-0.3, -0.25) is 4.79 Å². The van der Waals surface area contributed by atoms with E-state index in [0.29, 0.717) is 0 Å². The van der Waals surface area contributed by atoms with E-state index < -0.39 is 0 Å². The zero-order valence-corrected chi connectivity index (χ0v) is 10.3. The molecule has 2 fully saturated rings. The van der Waals surface area contributed by atoms with Crippen LogP contribution < -0.4 is 0 Å². The van der Waals surface area contributed by atoms with E-state index in [1.807, 2.05) is 12.1 Å². The molecule has 3 atom stereocenters. The standard InChI is InChI=1S/C16H20O/c17-11-12-7-9-14(10-8-12)16-6-2-4-13-3-1-5-15(13)16/h7-11,13,15-16H,1-6H2/t13-,15-,16-/m0/s1. The Kier molecular flexibility index (Phi) is 3.00. The second kappa shape index (κ2) is 4.64. The highest BCUT2D eigenvalue weighted by Crippen LogP contribution is 2.49. The number of fused-ring (bicyclic) bond motifs is 1. The monoisotopic (exact) mass is 228 g/mol. The molecule has 0 amide bonds. The Morgan fingerprint density at radius 2 is 1.65 bits per heavy atom. The molecule has 0 radical (unpaired) electrons. The van der Waals surface area contributed by atoms with E-state index in [2.05, 4.69) is 12.1 Å². The SMILES string of the molecule is O=Cc1ccc([C@@H]2CCC[C@@H]3CCC[C@@H]32)cc1. The smallest absolute Gasteiger partial charge is 0.150 e. The molecule has 90 valence electrons. The first-order valence-corrected chi connectivity index (χ1v) is 6.93. The molecule has 2 aliphatic rings. The summed E-state index contributed by atoms with van der Waals surface area (Å²) < 4.78 is 0. The molecule has 1 aromatic rings. The summed E-state index contributed by atoms with van der Waals surface area (Å²) in [5.74, 6) is 2.67. The largest absolute Gasteiger partial charge is 0.298 e. The Morgan fingerprint density at radius 1 is 0.941 bits per heavy atom. The van der Waals surface area contributed by atoms with Crippen molar-refractivity contribution in [2.75, 3.05) is 0 Å². The number of hydrogen-bond acceptors (Lipinski definition) is 1. The molecule has 3 rings (SSSR count). The summed E-state index contributed by atoms with van der Waals surface area (Å²) in [7, 11) is 0. The molecule has 0 spiro atoms. The Labute approximate surface area is 103 Å². The first-order valence-electron chi connectivity index (χ1n) is 6.93. The minimum Gasteiger partial charge on any atom is -0.298 e. The van der Waals surface area contributed by atoms with Gasteiger partial charge in [-0.15, -0.1) is 0 Å². The molecule has 0 aromatic heterocycles. The van der Waals surface area contributed by atoms with Crippen LogP contribution in [0.3, 0.4) is 0 Å². The van der Waals surface area contributed by atoms with E-state index in [0.717, 1.165) is 29.6 Å². The predicted octanol–water partition coefficient (Wildman–Crippen LogP) is 4.18. The maximum Gasteiger partial charge on any atom is 0.150 e. The Hall–Kier alpha value is -1.11. The maximum atomic E-state index is 10.7. The van der Waals surface area contributed by atoms with Crippen molar-refractivity contribution in [3.63, 3.8) is 0 Å². The minimum atomic E-state index is 0.761. The van der Waals surface area contributed by atoms with Crippen LogP contribution in [0.4, 0.5) is 0 Å². The van der Waals surface area contributed by atoms with Crippen molar-refractivity contribution < 1.29 is 4.79 Å². The van der Waals surface area contributed by atoms with E-state index >= 15 is 0 Å². The lowest BCUT2D eigenvalue weighted by atomic mass is 9.71. The van der Waals surface area contributed by atoms with Gasteiger partial charge in [-0.2, -0.15) is 0 Å². The number of carbonyl (C=O) groups excluding carboxylic acids is 1. The van der Waals surface area contributed by atoms with Crippen LogP contribution in [0.5, 0.6) is 0 Å². The van der Waals surface area contributed by atoms with E-state index in [9.17, 15) is 4.79 Å². The molecule has 1 heteroatoms. The van der Waals surface area contributed by atoms with E-state index in [4.69, 9.17) is 0 Å². The van der Waals surface area contributed by atoms with Gasteiger partial charge in [0, 0.05) is 5.56 Å². The normalized spacial score (nSPS) is 32.1. The van der Waals surface area contributed by atoms with Crippen molar-refractivity contribution in [3.05, 3.63) is 35.4 Å². The fraction of sp³-hybridized carbons (Fsp3) is 0.562. The lowest BCUT2D eigenvalue weighted by Crippen LogP contribution is -2.22. The predicted molar refractivity (Wildman–Crippen MR) is 69.3 cm³/mol. The molecule has 17 heavy (non-hydrogen) atoms. The molecule has 0 unspecified atom stereocenters. The van der Waals surface area contributed by atoms with Gasteiger partial charge in [-0.05, 0) is 36.2 Å². The highest BCUT2D eigenvalue weighted by atomic mass is 16.1. The number of aldehydes is 1. The summed E-state index contributed by atoms with van der Waals surface area (Å²) in [6, 6.07) is 8.30. The van der Waals surface area contributed by atoms with Gasteiger partial charge in [-0.25, -0.2) is 0 Å². The van der Waals surface area contributed by atoms with Gasteiger partial charge in [0.2, 0.25) is 0 Å². The third-order valence-electron chi connectivity index (χ3n) is 4.83. The molecular formula is C16H20O. The first kappa shape index (κ1) is 11.0. The summed E-state index contributed by atoms with van der Waals surface area (Å²) in [6.07, 6.45) is 9.43. The summed E-state index contributed by atoms with van der Waals surface area (Å²) in [6.45, 7) is 0. The number of benzene rings is 1. The topological polar surface area (TPSA) is 17.1 Å². The van der Waals surface area contributed by atoms with E-state index in [1.54, 1.807) is 0 Å². The van der Waals surface area contributed by atoms with Gasteiger partial charge in [0.15, 0.2) is 0 Å². The molecular weight excluding hydrogens is 208 g/mol. The maximum absolute atomic E-state index is 10.7. The van der Waals surface area contributed by atoms with Crippen molar-refractivity contribution in [1.29, 1.82) is 0 Å². The minimum absolute atomic E-state index is 0.761. The van der Waals surface area contributed by atoms with Crippen LogP contribution in [0, 0.1) is 11.8 Å². The molecule has 2 aliphatic carbocycles. The van der Waals surface area contributed by atoms with E-state index in [1.165, 1.54) is 44.1 Å². The lowest BCUT2D eigenvalue weighted by Gasteiger charge is -2.34. The molecule has 0 aliphatic heterocycles. The first-order chi connectivity index (χ1) is 8.38. The van der Waals surface area contributed by atoms with Crippen molar-refractivity contribution in [2.24, 2.45) is 11.8 Å². The van der Waals surface area contributed by atoms with Crippen LogP contribution in [-0.2, 0) is 0 Å². The van der Waals surface area contributed by atoms with Crippen molar-refractivity contribution >= 4 is 6.29 Å². The summed E-state index contributed by atoms with van der Waals surface area (Å²) in [5.41, 5.74) is 2.26. The van der Waals surface area contributed by atoms with Crippen molar-refractivity contribution in [3.8, 4) is 0 Å². The Balaban J connectivity index is 1.83. The third-order valence-corrected chi connectivity index (χ3v) is 4.83. The molecule has 1 nitrogen and oxygen atoms in total. The zero-order valence-electron chi connectivity index (χ0n) is 10.3. The highest BCUT2D eigenvalue weighted by molar-refractivity contribution is 5.74. The van der Waals surface area contributed by atoms with Gasteiger partial charge >= 0.3 is 0 Å². The number of rotatable bonds is 2. The quantitative estimate of drug-likeness (QED) is 0.694. The average molecular weight is 228 g/mol. The zero-order chi connectivity index (χ0) is 11.7. The van der Waals surface area contributed by atoms with Crippen molar-refractivity contribution in [1.82, 2.24) is 0 Å². The Morgan fingerprint density at radius 3 is 2.35 bits per heavy atom. The summed E-state index contributed by atoms with van der Waals surface area (Å²) in [4.78, 5) is 10.7. The second-order valence-corrected chi connectivity index (χ2v) is 5.68. The summed E-state index contributed by atoms with van der Waals surface area (Å²) >= 11 is 0. The fourth-order valence-corrected chi connectivity index (χ4v) is 4.00. The molecule has 0 saturated heterocycles. The van der Waals surface area contributed by atoms with Gasteiger partial charge < -0.3 is 0 Å². The number of carbonyl (C=O) groups is 1. The van der Waals surface area contributed by atoms with Crippen LogP contribution in [0.15, 0.2) is 24.3 Å². The van der Waals surface area contributed by atoms with Crippen LogP contribution >= 0.6 is 0 Å². The van der Waals surface area contributed by atoms with Crippen LogP contribution in [0.25, 0.3) is 0 Å². The lowest BCUT2D eigenvalue weighted by molar-refractivity contribution is 0.112. The Bertz CT molecular complexity index is 392. The van der Waals surface area contributed by atoms with E-state index in [-0.39, 0.29) is 0 Å². The van der Waals surface area contributed by atoms with Crippen molar-refractivity contribution in [2.45, 2.75) is 44.4 Å². The average Bonchev–Trinajstić information content (AvgIpc) is 2.87. The van der Waals surface area contributed by atoms with Gasteiger partial charge in [0.05, 0.1) is 0 Å². The molecule has 0 bridgehead atoms. The molecule has 0 N–H and O–H groups in total. The second-order valence-electron chi connectivity index (χ2n) is 5.68. The summed E-state index contributed by atoms with van der Waals surface area (Å²) in [5, 5.41) is 0. The van der Waals surface area contributed by atoms with Crippen LogP contribution in [0.1, 0.15) is 60.4 Å². The van der Waals surface area contributed by atoms with Gasteiger partial charge in [0.1, 0.15) is 6.29 Å². The third kappa shape index (κ3) is 2.03. The van der Waals surface area contributed by atoms with Crippen LogP contribution in [-0.4, -0.2) is 6.29 Å². The van der Waals surface area contributed by atoms with Gasteiger partial charge in [0.25, 0.3) is 0 Å².